The largest absolute Gasteiger partial charge is 0.344 e. The zero-order valence-electron chi connectivity index (χ0n) is 28.1. The monoisotopic (exact) mass is 607 g/mol. The van der Waals surface area contributed by atoms with Gasteiger partial charge in [0.05, 0.1) is 11.0 Å². The number of nitrogens with zero attached hydrogens (tertiary/aromatic N) is 2. The minimum absolute atomic E-state index is 0.697. The maximum atomic E-state index is 8.64. The number of aromatic nitrogens is 2. The Balaban J connectivity index is 1.39. The number of hydrogen-bond donors (Lipinski definition) is 0. The van der Waals surface area contributed by atoms with Gasteiger partial charge in [-0.1, -0.05) is 140 Å². The summed E-state index contributed by atoms with van der Waals surface area (Å²) in [6, 6.07) is 62.1. The summed E-state index contributed by atoms with van der Waals surface area (Å²) in [6.45, 7) is -2.36. The van der Waals surface area contributed by atoms with Crippen molar-refractivity contribution < 1.29 is 4.11 Å². The molecule has 0 atom stereocenters. The second-order valence-corrected chi connectivity index (χ2v) is 15.8. The molecule has 9 rings (SSSR count). The first kappa shape index (κ1) is 23.7. The molecule has 3 heteroatoms. The highest BCUT2D eigenvalue weighted by atomic mass is 28.3. The third kappa shape index (κ3) is 3.82. The molecular weight excluding hydrogens is 573 g/mol. The SMILES string of the molecule is [2H]C([2H])([2H])n1c2ccc(-n3c4ccccc4c4ccccc43)cc2c2cc([Si](c3ccccc3)(c3ccccc3)c3ccccc3)ccc21. The summed E-state index contributed by atoms with van der Waals surface area (Å²) in [5, 5.41) is 9.27. The van der Waals surface area contributed by atoms with Crippen molar-refractivity contribution >= 4 is 72.4 Å². The van der Waals surface area contributed by atoms with Gasteiger partial charge in [0.2, 0.25) is 0 Å². The van der Waals surface area contributed by atoms with Gasteiger partial charge in [-0.2, -0.15) is 0 Å². The summed E-state index contributed by atoms with van der Waals surface area (Å²) in [5.74, 6) is 0. The molecule has 46 heavy (non-hydrogen) atoms. The van der Waals surface area contributed by atoms with Crippen molar-refractivity contribution in [3.8, 4) is 5.69 Å². The van der Waals surface area contributed by atoms with Crippen molar-refractivity contribution in [2.75, 3.05) is 0 Å². The maximum Gasteiger partial charge on any atom is 0.179 e. The van der Waals surface area contributed by atoms with E-state index in [0.717, 1.165) is 27.5 Å². The van der Waals surface area contributed by atoms with Crippen LogP contribution in [0.25, 0.3) is 49.3 Å². The number of fused-ring (bicyclic) bond motifs is 6. The van der Waals surface area contributed by atoms with Gasteiger partial charge in [-0.15, -0.1) is 0 Å². The molecule has 2 nitrogen and oxygen atoms in total. The Bertz CT molecular complexity index is 2490. The lowest BCUT2D eigenvalue weighted by Crippen LogP contribution is -2.74. The normalized spacial score (nSPS) is 13.3. The molecule has 0 saturated carbocycles. The van der Waals surface area contributed by atoms with Crippen molar-refractivity contribution in [3.05, 3.63) is 176 Å². The average Bonchev–Trinajstić information content (AvgIpc) is 3.66. The minimum atomic E-state index is -2.84. The smallest absolute Gasteiger partial charge is 0.179 e. The Hall–Kier alpha value is -5.64. The Morgan fingerprint density at radius 3 is 1.37 bits per heavy atom. The van der Waals surface area contributed by atoms with E-state index in [1.807, 2.05) is 12.1 Å². The van der Waals surface area contributed by atoms with Crippen molar-refractivity contribution in [3.63, 3.8) is 0 Å². The number of aryl methyl sites for hydroxylation is 1. The molecular formula is C43H32N2Si. The van der Waals surface area contributed by atoms with Crippen molar-refractivity contribution in [2.24, 2.45) is 6.98 Å². The molecule has 2 heterocycles. The Labute approximate surface area is 273 Å². The number of para-hydroxylation sites is 2. The van der Waals surface area contributed by atoms with Crippen LogP contribution >= 0.6 is 0 Å². The van der Waals surface area contributed by atoms with Gasteiger partial charge in [0.25, 0.3) is 0 Å². The molecule has 7 aromatic carbocycles. The van der Waals surface area contributed by atoms with Gasteiger partial charge < -0.3 is 9.13 Å². The molecule has 0 radical (unpaired) electrons. The quantitative estimate of drug-likeness (QED) is 0.140. The lowest BCUT2D eigenvalue weighted by molar-refractivity contribution is 1.01. The average molecular weight is 608 g/mol. The molecule has 0 aliphatic carbocycles. The summed E-state index contributed by atoms with van der Waals surface area (Å²) in [7, 11) is -2.84. The molecule has 0 bridgehead atoms. The van der Waals surface area contributed by atoms with Gasteiger partial charge in [-0.3, -0.25) is 0 Å². The first-order chi connectivity index (χ1) is 24.0. The molecule has 0 fully saturated rings. The van der Waals surface area contributed by atoms with Crippen LogP contribution in [0.3, 0.4) is 0 Å². The highest BCUT2D eigenvalue weighted by Crippen LogP contribution is 2.35. The van der Waals surface area contributed by atoms with E-state index in [9.17, 15) is 0 Å². The lowest BCUT2D eigenvalue weighted by atomic mass is 10.1. The summed E-state index contributed by atoms with van der Waals surface area (Å²) in [6.07, 6.45) is 0. The molecule has 9 aromatic rings. The second-order valence-electron chi connectivity index (χ2n) is 12.0. The van der Waals surface area contributed by atoms with Crippen LogP contribution in [0.5, 0.6) is 0 Å². The summed E-state index contributed by atoms with van der Waals surface area (Å²) < 4.78 is 29.8. The third-order valence-electron chi connectivity index (χ3n) is 9.64. The lowest BCUT2D eigenvalue weighted by Gasteiger charge is -2.34. The molecule has 0 spiro atoms. The van der Waals surface area contributed by atoms with Gasteiger partial charge in [0.15, 0.2) is 8.07 Å². The second kappa shape index (κ2) is 10.5. The molecule has 0 saturated heterocycles. The zero-order chi connectivity index (χ0) is 33.2. The van der Waals surface area contributed by atoms with E-state index in [1.54, 1.807) is 0 Å². The minimum Gasteiger partial charge on any atom is -0.344 e. The number of hydrogen-bond acceptors (Lipinski definition) is 0. The molecule has 0 aliphatic rings. The van der Waals surface area contributed by atoms with E-state index in [-0.39, 0.29) is 0 Å². The highest BCUT2D eigenvalue weighted by molar-refractivity contribution is 7.20. The topological polar surface area (TPSA) is 9.86 Å². The predicted octanol–water partition coefficient (Wildman–Crippen LogP) is 7.81. The highest BCUT2D eigenvalue weighted by Gasteiger charge is 2.41. The van der Waals surface area contributed by atoms with Crippen LogP contribution in [0.2, 0.25) is 0 Å². The van der Waals surface area contributed by atoms with E-state index in [2.05, 4.69) is 168 Å². The van der Waals surface area contributed by atoms with Crippen LogP contribution in [0.4, 0.5) is 0 Å². The molecule has 2 aromatic heterocycles. The standard InChI is InChI=1S/C43H32N2Si/c1-44-40-27-25-31(45-42-23-13-11-21-36(42)37-22-12-14-24-43(37)45)29-38(40)39-30-35(26-28-41(39)44)46(32-15-5-2-6-16-32,33-17-7-3-8-18-33)34-19-9-4-10-20-34/h2-30H,1H3/i1D3. The number of rotatable bonds is 5. The Kier molecular flexibility index (Phi) is 5.40. The first-order valence-corrected chi connectivity index (χ1v) is 17.7. The third-order valence-corrected chi connectivity index (χ3v) is 14.4. The van der Waals surface area contributed by atoms with E-state index < -0.39 is 15.0 Å². The van der Waals surface area contributed by atoms with Crippen LogP contribution in [0.1, 0.15) is 4.11 Å². The van der Waals surface area contributed by atoms with Gasteiger partial charge in [-0.05, 0) is 57.1 Å². The van der Waals surface area contributed by atoms with Gasteiger partial charge in [0, 0.05) is 49.4 Å². The summed E-state index contributed by atoms with van der Waals surface area (Å²) >= 11 is 0. The fraction of sp³-hybridized carbons (Fsp3) is 0.0233. The van der Waals surface area contributed by atoms with Crippen LogP contribution in [-0.2, 0) is 6.98 Å². The molecule has 0 N–H and O–H groups in total. The van der Waals surface area contributed by atoms with E-state index in [1.165, 1.54) is 36.1 Å². The van der Waals surface area contributed by atoms with Crippen molar-refractivity contribution in [2.45, 2.75) is 0 Å². The molecule has 0 unspecified atom stereocenters. The van der Waals surface area contributed by atoms with E-state index in [4.69, 9.17) is 4.11 Å². The summed E-state index contributed by atoms with van der Waals surface area (Å²) in [4.78, 5) is 0. The van der Waals surface area contributed by atoms with Gasteiger partial charge in [0.1, 0.15) is 0 Å². The molecule has 218 valence electrons. The first-order valence-electron chi connectivity index (χ1n) is 17.2. The fourth-order valence-corrected chi connectivity index (χ4v) is 12.4. The zero-order valence-corrected chi connectivity index (χ0v) is 26.1. The van der Waals surface area contributed by atoms with Crippen molar-refractivity contribution in [1.29, 1.82) is 0 Å². The molecule has 0 amide bonds. The predicted molar refractivity (Wildman–Crippen MR) is 198 cm³/mol. The fourth-order valence-electron chi connectivity index (χ4n) is 7.65. The molecule has 0 aliphatic heterocycles. The van der Waals surface area contributed by atoms with Crippen molar-refractivity contribution in [1.82, 2.24) is 9.13 Å². The van der Waals surface area contributed by atoms with Gasteiger partial charge in [-0.25, -0.2) is 0 Å². The van der Waals surface area contributed by atoms with Gasteiger partial charge >= 0.3 is 0 Å². The Morgan fingerprint density at radius 2 is 0.848 bits per heavy atom. The van der Waals surface area contributed by atoms with Crippen LogP contribution in [0.15, 0.2) is 176 Å². The summed E-state index contributed by atoms with van der Waals surface area (Å²) in [5.41, 5.74) is 4.63. The number of benzene rings is 7. The Morgan fingerprint density at radius 1 is 0.391 bits per heavy atom. The maximum absolute atomic E-state index is 8.64. The van der Waals surface area contributed by atoms with Crippen LogP contribution in [0, 0.1) is 0 Å². The van der Waals surface area contributed by atoms with Crippen LogP contribution in [-0.4, -0.2) is 17.2 Å². The van der Waals surface area contributed by atoms with E-state index >= 15 is 0 Å². The van der Waals surface area contributed by atoms with E-state index in [0.29, 0.717) is 11.0 Å². The van der Waals surface area contributed by atoms with Crippen LogP contribution < -0.4 is 20.7 Å².